The monoisotopic (exact) mass is 308 g/mol. The standard InChI is InChI=1S/C14H17ClN4S/c1-9(2)7-13-16-17-14-19(13)18-12(8-20-14)10-3-5-11(15)6-4-10/h3-6,9,12,18H,7-8H2,1-2H3. The lowest BCUT2D eigenvalue weighted by Crippen LogP contribution is -2.29. The Morgan fingerprint density at radius 1 is 1.35 bits per heavy atom. The first-order valence-electron chi connectivity index (χ1n) is 6.72. The van der Waals surface area contributed by atoms with Gasteiger partial charge in [0.25, 0.3) is 0 Å². The quantitative estimate of drug-likeness (QED) is 0.942. The van der Waals surface area contributed by atoms with Crippen LogP contribution < -0.4 is 5.43 Å². The van der Waals surface area contributed by atoms with E-state index in [4.69, 9.17) is 11.6 Å². The maximum atomic E-state index is 5.95. The number of nitrogens with zero attached hydrogens (tertiary/aromatic N) is 3. The van der Waals surface area contributed by atoms with Crippen LogP contribution >= 0.6 is 23.4 Å². The molecule has 1 aromatic heterocycles. The van der Waals surface area contributed by atoms with Gasteiger partial charge in [0, 0.05) is 17.2 Å². The van der Waals surface area contributed by atoms with Gasteiger partial charge in [0.2, 0.25) is 5.16 Å². The number of hydrogen-bond acceptors (Lipinski definition) is 4. The van der Waals surface area contributed by atoms with E-state index in [1.54, 1.807) is 11.8 Å². The van der Waals surface area contributed by atoms with Crippen LogP contribution in [0.5, 0.6) is 0 Å². The molecule has 6 heteroatoms. The van der Waals surface area contributed by atoms with Crippen molar-refractivity contribution in [1.29, 1.82) is 0 Å². The molecule has 0 spiro atoms. The van der Waals surface area contributed by atoms with Gasteiger partial charge in [-0.05, 0) is 23.6 Å². The Balaban J connectivity index is 1.83. The van der Waals surface area contributed by atoms with Crippen LogP contribution in [0.25, 0.3) is 0 Å². The third-order valence-electron chi connectivity index (χ3n) is 3.23. The molecule has 0 saturated heterocycles. The zero-order valence-corrected chi connectivity index (χ0v) is 13.1. The molecule has 2 aromatic rings. The van der Waals surface area contributed by atoms with Crippen LogP contribution in [-0.4, -0.2) is 20.6 Å². The highest BCUT2D eigenvalue weighted by Crippen LogP contribution is 2.30. The van der Waals surface area contributed by atoms with Gasteiger partial charge in [0.15, 0.2) is 5.82 Å². The van der Waals surface area contributed by atoms with E-state index < -0.39 is 0 Å². The molecule has 1 aliphatic rings. The molecular formula is C14H17ClN4S. The summed E-state index contributed by atoms with van der Waals surface area (Å²) in [6.45, 7) is 4.38. The van der Waals surface area contributed by atoms with E-state index in [1.807, 2.05) is 16.8 Å². The van der Waals surface area contributed by atoms with Crippen molar-refractivity contribution >= 4 is 23.4 Å². The Morgan fingerprint density at radius 3 is 2.80 bits per heavy atom. The Bertz CT molecular complexity index is 594. The summed E-state index contributed by atoms with van der Waals surface area (Å²) in [6.07, 6.45) is 0.925. The van der Waals surface area contributed by atoms with Crippen molar-refractivity contribution in [1.82, 2.24) is 14.9 Å². The van der Waals surface area contributed by atoms with E-state index in [9.17, 15) is 0 Å². The lowest BCUT2D eigenvalue weighted by molar-refractivity contribution is 0.571. The first-order chi connectivity index (χ1) is 9.63. The maximum Gasteiger partial charge on any atom is 0.210 e. The van der Waals surface area contributed by atoms with Gasteiger partial charge in [-0.2, -0.15) is 0 Å². The molecule has 1 unspecified atom stereocenters. The number of aromatic nitrogens is 3. The van der Waals surface area contributed by atoms with Crippen LogP contribution in [0.3, 0.4) is 0 Å². The number of benzene rings is 1. The largest absolute Gasteiger partial charge is 0.314 e. The Kier molecular flexibility index (Phi) is 3.89. The van der Waals surface area contributed by atoms with E-state index in [0.29, 0.717) is 5.92 Å². The van der Waals surface area contributed by atoms with Crippen molar-refractivity contribution in [2.24, 2.45) is 5.92 Å². The average molecular weight is 309 g/mol. The maximum absolute atomic E-state index is 5.95. The van der Waals surface area contributed by atoms with Gasteiger partial charge in [-0.3, -0.25) is 0 Å². The summed E-state index contributed by atoms with van der Waals surface area (Å²) in [5.74, 6) is 2.51. The molecule has 1 atom stereocenters. The first-order valence-corrected chi connectivity index (χ1v) is 8.09. The van der Waals surface area contributed by atoms with Gasteiger partial charge in [-0.15, -0.1) is 10.2 Å². The van der Waals surface area contributed by atoms with Crippen LogP contribution in [0, 0.1) is 5.92 Å². The zero-order valence-electron chi connectivity index (χ0n) is 11.5. The molecule has 4 nitrogen and oxygen atoms in total. The molecule has 1 aliphatic heterocycles. The smallest absolute Gasteiger partial charge is 0.210 e. The molecule has 0 aliphatic carbocycles. The number of thioether (sulfide) groups is 1. The molecule has 0 fully saturated rings. The lowest BCUT2D eigenvalue weighted by atomic mass is 10.1. The molecule has 106 valence electrons. The predicted molar refractivity (Wildman–Crippen MR) is 82.8 cm³/mol. The summed E-state index contributed by atoms with van der Waals surface area (Å²) < 4.78 is 2.04. The van der Waals surface area contributed by atoms with Crippen molar-refractivity contribution in [3.63, 3.8) is 0 Å². The second kappa shape index (κ2) is 5.66. The minimum atomic E-state index is 0.256. The van der Waals surface area contributed by atoms with Crippen LogP contribution in [0.15, 0.2) is 29.4 Å². The van der Waals surface area contributed by atoms with Gasteiger partial charge >= 0.3 is 0 Å². The summed E-state index contributed by atoms with van der Waals surface area (Å²) in [4.78, 5) is 0. The number of nitrogens with one attached hydrogen (secondary N) is 1. The first kappa shape index (κ1) is 13.8. The minimum absolute atomic E-state index is 0.256. The lowest BCUT2D eigenvalue weighted by Gasteiger charge is -2.26. The van der Waals surface area contributed by atoms with Crippen molar-refractivity contribution in [2.45, 2.75) is 31.5 Å². The Labute approximate surface area is 127 Å². The van der Waals surface area contributed by atoms with E-state index in [1.165, 1.54) is 5.56 Å². The van der Waals surface area contributed by atoms with Crippen molar-refractivity contribution in [2.75, 3.05) is 11.2 Å². The number of halogens is 1. The third-order valence-corrected chi connectivity index (χ3v) is 4.50. The van der Waals surface area contributed by atoms with Gasteiger partial charge in [0.05, 0.1) is 6.04 Å². The van der Waals surface area contributed by atoms with Gasteiger partial charge in [-0.25, -0.2) is 4.68 Å². The third kappa shape index (κ3) is 2.79. The molecule has 0 amide bonds. The minimum Gasteiger partial charge on any atom is -0.314 e. The second-order valence-electron chi connectivity index (χ2n) is 5.38. The van der Waals surface area contributed by atoms with Crippen LogP contribution in [0.4, 0.5) is 0 Å². The summed E-state index contributed by atoms with van der Waals surface area (Å²) in [6, 6.07) is 8.25. The normalized spacial score (nSPS) is 17.9. The summed E-state index contributed by atoms with van der Waals surface area (Å²) >= 11 is 7.68. The van der Waals surface area contributed by atoms with Crippen LogP contribution in [0.2, 0.25) is 5.02 Å². The average Bonchev–Trinajstić information content (AvgIpc) is 2.81. The molecule has 0 saturated carbocycles. The van der Waals surface area contributed by atoms with Gasteiger partial charge in [0.1, 0.15) is 0 Å². The topological polar surface area (TPSA) is 42.7 Å². The highest BCUT2D eigenvalue weighted by Gasteiger charge is 2.24. The molecule has 20 heavy (non-hydrogen) atoms. The molecular weight excluding hydrogens is 292 g/mol. The van der Waals surface area contributed by atoms with Gasteiger partial charge < -0.3 is 5.43 Å². The molecule has 1 N–H and O–H groups in total. The summed E-state index contributed by atoms with van der Waals surface area (Å²) in [5.41, 5.74) is 4.75. The zero-order chi connectivity index (χ0) is 14.1. The highest BCUT2D eigenvalue weighted by molar-refractivity contribution is 7.99. The molecule has 1 aromatic carbocycles. The number of rotatable bonds is 3. The summed E-state index contributed by atoms with van der Waals surface area (Å²) in [7, 11) is 0. The van der Waals surface area contributed by atoms with E-state index >= 15 is 0 Å². The fourth-order valence-corrected chi connectivity index (χ4v) is 3.33. The van der Waals surface area contributed by atoms with Crippen LogP contribution in [0.1, 0.15) is 31.3 Å². The molecule has 0 bridgehead atoms. The van der Waals surface area contributed by atoms with Crippen molar-refractivity contribution in [3.8, 4) is 0 Å². The Hall–Kier alpha value is -1.20. The van der Waals surface area contributed by atoms with Crippen molar-refractivity contribution in [3.05, 3.63) is 40.7 Å². The summed E-state index contributed by atoms with van der Waals surface area (Å²) in [5, 5.41) is 10.2. The fourth-order valence-electron chi connectivity index (χ4n) is 2.24. The fraction of sp³-hybridized carbons (Fsp3) is 0.429. The van der Waals surface area contributed by atoms with Crippen molar-refractivity contribution < 1.29 is 0 Å². The van der Waals surface area contributed by atoms with E-state index in [2.05, 4.69) is 41.6 Å². The van der Waals surface area contributed by atoms with Crippen LogP contribution in [-0.2, 0) is 6.42 Å². The molecule has 2 heterocycles. The van der Waals surface area contributed by atoms with Gasteiger partial charge in [-0.1, -0.05) is 49.3 Å². The number of fused-ring (bicyclic) bond motifs is 1. The van der Waals surface area contributed by atoms with E-state index in [-0.39, 0.29) is 6.04 Å². The molecule has 0 radical (unpaired) electrons. The molecule has 3 rings (SSSR count). The van der Waals surface area contributed by atoms with E-state index in [0.717, 1.165) is 28.2 Å². The SMILES string of the molecule is CC(C)Cc1nnc2n1NC(c1ccc(Cl)cc1)CS2. The Morgan fingerprint density at radius 2 is 2.10 bits per heavy atom. The predicted octanol–water partition coefficient (Wildman–Crippen LogP) is 3.52. The number of hydrogen-bond donors (Lipinski definition) is 1. The highest BCUT2D eigenvalue weighted by atomic mass is 35.5. The second-order valence-corrected chi connectivity index (χ2v) is 6.80.